The number of hydrogen-bond donors (Lipinski definition) is 1. The standard InChI is InChI=1S/C13H17FN2O3/c1-15(2)6-9-3-4-10(5-12(9)14)19-11-7-16(8-11)13(17)18/h3-5,11H,6-8H2,1-2H3,(H,17,18). The van der Waals surface area contributed by atoms with Crippen LogP contribution in [0.2, 0.25) is 0 Å². The average Bonchev–Trinajstić information content (AvgIpc) is 2.25. The third-order valence-corrected chi connectivity index (χ3v) is 2.93. The summed E-state index contributed by atoms with van der Waals surface area (Å²) >= 11 is 0. The van der Waals surface area contributed by atoms with Crippen LogP contribution in [0.3, 0.4) is 0 Å². The van der Waals surface area contributed by atoms with Crippen LogP contribution in [0.4, 0.5) is 9.18 Å². The maximum atomic E-state index is 13.8. The van der Waals surface area contributed by atoms with Gasteiger partial charge in [-0.15, -0.1) is 0 Å². The summed E-state index contributed by atoms with van der Waals surface area (Å²) in [5.41, 5.74) is 0.609. The molecule has 1 aliphatic heterocycles. The van der Waals surface area contributed by atoms with Gasteiger partial charge in [0.2, 0.25) is 0 Å². The Morgan fingerprint density at radius 2 is 2.21 bits per heavy atom. The van der Waals surface area contributed by atoms with Crippen LogP contribution in [0.1, 0.15) is 5.56 Å². The molecule has 1 heterocycles. The van der Waals surface area contributed by atoms with Crippen molar-refractivity contribution in [3.63, 3.8) is 0 Å². The lowest BCUT2D eigenvalue weighted by molar-refractivity contribution is 0.0250. The van der Waals surface area contributed by atoms with Gasteiger partial charge in [-0.25, -0.2) is 9.18 Å². The molecule has 2 rings (SSSR count). The number of nitrogens with zero attached hydrogens (tertiary/aromatic N) is 2. The number of carbonyl (C=O) groups is 1. The Morgan fingerprint density at radius 3 is 2.74 bits per heavy atom. The van der Waals surface area contributed by atoms with E-state index in [0.29, 0.717) is 30.9 Å². The van der Waals surface area contributed by atoms with Crippen molar-refractivity contribution in [3.05, 3.63) is 29.6 Å². The molecule has 0 aliphatic carbocycles. The molecule has 1 aliphatic rings. The van der Waals surface area contributed by atoms with E-state index in [-0.39, 0.29) is 11.9 Å². The van der Waals surface area contributed by atoms with Gasteiger partial charge in [0, 0.05) is 18.2 Å². The fraction of sp³-hybridized carbons (Fsp3) is 0.462. The van der Waals surface area contributed by atoms with Crippen LogP contribution in [-0.4, -0.2) is 54.3 Å². The van der Waals surface area contributed by atoms with Crippen LogP contribution in [0.5, 0.6) is 5.75 Å². The lowest BCUT2D eigenvalue weighted by atomic mass is 10.1. The van der Waals surface area contributed by atoms with E-state index in [4.69, 9.17) is 9.84 Å². The molecule has 1 saturated heterocycles. The number of benzene rings is 1. The summed E-state index contributed by atoms with van der Waals surface area (Å²) in [6.07, 6.45) is -1.14. The molecule has 0 bridgehead atoms. The smallest absolute Gasteiger partial charge is 0.407 e. The quantitative estimate of drug-likeness (QED) is 0.901. The van der Waals surface area contributed by atoms with Crippen molar-refractivity contribution in [3.8, 4) is 5.75 Å². The van der Waals surface area contributed by atoms with Gasteiger partial charge in [-0.2, -0.15) is 0 Å². The van der Waals surface area contributed by atoms with Crippen LogP contribution in [0, 0.1) is 5.82 Å². The van der Waals surface area contributed by atoms with Crippen molar-refractivity contribution >= 4 is 6.09 Å². The lowest BCUT2D eigenvalue weighted by Gasteiger charge is -2.36. The Hall–Kier alpha value is -1.82. The molecule has 0 atom stereocenters. The van der Waals surface area contributed by atoms with E-state index in [1.807, 2.05) is 19.0 Å². The van der Waals surface area contributed by atoms with Crippen LogP contribution < -0.4 is 4.74 Å². The van der Waals surface area contributed by atoms with Crippen molar-refractivity contribution in [2.24, 2.45) is 0 Å². The molecule has 1 aromatic rings. The number of halogens is 1. The van der Waals surface area contributed by atoms with Crippen molar-refractivity contribution in [2.75, 3.05) is 27.2 Å². The monoisotopic (exact) mass is 268 g/mol. The number of rotatable bonds is 4. The molecule has 0 spiro atoms. The summed E-state index contributed by atoms with van der Waals surface area (Å²) < 4.78 is 19.3. The molecular formula is C13H17FN2O3. The highest BCUT2D eigenvalue weighted by Gasteiger charge is 2.32. The van der Waals surface area contributed by atoms with Crippen molar-refractivity contribution in [2.45, 2.75) is 12.6 Å². The predicted octanol–water partition coefficient (Wildman–Crippen LogP) is 1.63. The zero-order chi connectivity index (χ0) is 14.0. The van der Waals surface area contributed by atoms with Gasteiger partial charge in [0.15, 0.2) is 0 Å². The third kappa shape index (κ3) is 3.35. The van der Waals surface area contributed by atoms with Crippen molar-refractivity contribution in [1.29, 1.82) is 0 Å². The molecule has 5 nitrogen and oxygen atoms in total. The van der Waals surface area contributed by atoms with E-state index < -0.39 is 6.09 Å². The molecule has 1 N–H and O–H groups in total. The van der Waals surface area contributed by atoms with E-state index in [1.165, 1.54) is 11.0 Å². The van der Waals surface area contributed by atoms with E-state index in [0.717, 1.165) is 0 Å². The van der Waals surface area contributed by atoms with Crippen LogP contribution in [0.25, 0.3) is 0 Å². The van der Waals surface area contributed by atoms with Gasteiger partial charge in [-0.05, 0) is 20.2 Å². The first-order chi connectivity index (χ1) is 8.95. The molecule has 19 heavy (non-hydrogen) atoms. The predicted molar refractivity (Wildman–Crippen MR) is 67.8 cm³/mol. The summed E-state index contributed by atoms with van der Waals surface area (Å²) in [4.78, 5) is 13.7. The Morgan fingerprint density at radius 1 is 1.53 bits per heavy atom. The molecule has 1 amide bonds. The van der Waals surface area contributed by atoms with E-state index in [1.54, 1.807) is 12.1 Å². The Bertz CT molecular complexity index is 473. The third-order valence-electron chi connectivity index (χ3n) is 2.93. The molecule has 6 heteroatoms. The van der Waals surface area contributed by atoms with Crippen molar-refractivity contribution < 1.29 is 19.0 Å². The second-order valence-corrected chi connectivity index (χ2v) is 4.92. The summed E-state index contributed by atoms with van der Waals surface area (Å²) in [5, 5.41) is 8.69. The highest BCUT2D eigenvalue weighted by atomic mass is 19.1. The van der Waals surface area contributed by atoms with Gasteiger partial charge in [0.25, 0.3) is 0 Å². The minimum atomic E-state index is -0.952. The largest absolute Gasteiger partial charge is 0.487 e. The molecule has 0 aromatic heterocycles. The van der Waals surface area contributed by atoms with E-state index in [9.17, 15) is 9.18 Å². The molecule has 1 aromatic carbocycles. The minimum Gasteiger partial charge on any atom is -0.487 e. The molecule has 104 valence electrons. The Balaban J connectivity index is 1.92. The number of ether oxygens (including phenoxy) is 1. The van der Waals surface area contributed by atoms with E-state index >= 15 is 0 Å². The first kappa shape index (κ1) is 13.6. The summed E-state index contributed by atoms with van der Waals surface area (Å²) in [7, 11) is 3.75. The van der Waals surface area contributed by atoms with E-state index in [2.05, 4.69) is 0 Å². The summed E-state index contributed by atoms with van der Waals surface area (Å²) in [5.74, 6) is 0.135. The van der Waals surface area contributed by atoms with Crippen molar-refractivity contribution in [1.82, 2.24) is 9.80 Å². The number of likely N-dealkylation sites (tertiary alicyclic amines) is 1. The Kier molecular flexibility index (Phi) is 3.90. The van der Waals surface area contributed by atoms with Crippen LogP contribution >= 0.6 is 0 Å². The molecule has 0 saturated carbocycles. The first-order valence-corrected chi connectivity index (χ1v) is 6.03. The zero-order valence-corrected chi connectivity index (χ0v) is 11.0. The lowest BCUT2D eigenvalue weighted by Crippen LogP contribution is -2.55. The topological polar surface area (TPSA) is 53.0 Å². The average molecular weight is 268 g/mol. The highest BCUT2D eigenvalue weighted by molar-refractivity contribution is 5.66. The number of carboxylic acid groups (broad SMARTS) is 1. The Labute approximate surface area is 111 Å². The molecule has 0 radical (unpaired) electrons. The summed E-state index contributed by atoms with van der Waals surface area (Å²) in [6, 6.07) is 4.76. The van der Waals surface area contributed by atoms with Crippen LogP contribution in [0.15, 0.2) is 18.2 Å². The highest BCUT2D eigenvalue weighted by Crippen LogP contribution is 2.21. The SMILES string of the molecule is CN(C)Cc1ccc(OC2CN(C(=O)O)C2)cc1F. The fourth-order valence-electron chi connectivity index (χ4n) is 1.93. The van der Waals surface area contributed by atoms with Gasteiger partial charge >= 0.3 is 6.09 Å². The fourth-order valence-corrected chi connectivity index (χ4v) is 1.93. The first-order valence-electron chi connectivity index (χ1n) is 6.03. The molecular weight excluding hydrogens is 251 g/mol. The zero-order valence-electron chi connectivity index (χ0n) is 11.0. The maximum Gasteiger partial charge on any atom is 0.407 e. The molecule has 0 unspecified atom stereocenters. The maximum absolute atomic E-state index is 13.8. The van der Waals surface area contributed by atoms with Crippen LogP contribution in [-0.2, 0) is 6.54 Å². The van der Waals surface area contributed by atoms with Gasteiger partial charge in [-0.3, -0.25) is 0 Å². The van der Waals surface area contributed by atoms with Gasteiger partial charge < -0.3 is 19.6 Å². The minimum absolute atomic E-state index is 0.185. The number of amides is 1. The van der Waals surface area contributed by atoms with Gasteiger partial charge in [0.05, 0.1) is 13.1 Å². The normalized spacial score (nSPS) is 15.5. The number of hydrogen-bond acceptors (Lipinski definition) is 3. The van der Waals surface area contributed by atoms with Gasteiger partial charge in [0.1, 0.15) is 17.7 Å². The second-order valence-electron chi connectivity index (χ2n) is 4.92. The van der Waals surface area contributed by atoms with Gasteiger partial charge in [-0.1, -0.05) is 6.07 Å². The second kappa shape index (κ2) is 5.44. The molecule has 1 fully saturated rings. The summed E-state index contributed by atoms with van der Waals surface area (Å²) in [6.45, 7) is 1.19.